The Morgan fingerprint density at radius 3 is 2.59 bits per heavy atom. The van der Waals surface area contributed by atoms with Crippen LogP contribution in [0, 0.1) is 5.92 Å². The van der Waals surface area contributed by atoms with Crippen molar-refractivity contribution in [2.24, 2.45) is 10.9 Å². The fraction of sp³-hybridized carbons (Fsp3) is 0.591. The minimum atomic E-state index is -0.0617. The molecule has 1 aliphatic carbocycles. The number of rotatable bonds is 7. The smallest absolute Gasteiger partial charge is 0.239 e. The normalized spacial score (nSPS) is 20.0. The fourth-order valence-electron chi connectivity index (χ4n) is 4.11. The van der Waals surface area contributed by atoms with Gasteiger partial charge in [0.25, 0.3) is 0 Å². The number of guanidine groups is 1. The Morgan fingerprint density at radius 2 is 1.86 bits per heavy atom. The van der Waals surface area contributed by atoms with Crippen LogP contribution in [0.15, 0.2) is 35.3 Å². The van der Waals surface area contributed by atoms with Crippen molar-refractivity contribution in [3.05, 3.63) is 35.9 Å². The van der Waals surface area contributed by atoms with E-state index in [1.54, 1.807) is 7.05 Å². The van der Waals surface area contributed by atoms with Gasteiger partial charge in [0.05, 0.1) is 6.54 Å². The summed E-state index contributed by atoms with van der Waals surface area (Å²) in [5.74, 6) is 1.08. The number of nitrogens with one attached hydrogen (secondary N) is 3. The van der Waals surface area contributed by atoms with Crippen LogP contribution < -0.4 is 16.0 Å². The van der Waals surface area contributed by atoms with Crippen molar-refractivity contribution in [2.45, 2.75) is 44.6 Å². The maximum absolute atomic E-state index is 12.6. The lowest BCUT2D eigenvalue weighted by molar-refractivity contribution is -0.134. The first-order chi connectivity index (χ1) is 14.2. The second-order valence-corrected chi connectivity index (χ2v) is 7.91. The average Bonchev–Trinajstić information content (AvgIpc) is 3.44. The van der Waals surface area contributed by atoms with E-state index in [4.69, 9.17) is 0 Å². The van der Waals surface area contributed by atoms with Gasteiger partial charge in [-0.1, -0.05) is 43.2 Å². The van der Waals surface area contributed by atoms with Gasteiger partial charge in [-0.2, -0.15) is 0 Å². The third kappa shape index (κ3) is 6.48. The number of likely N-dealkylation sites (tertiary alicyclic amines) is 1. The lowest BCUT2D eigenvalue weighted by Gasteiger charge is -2.21. The molecule has 3 rings (SSSR count). The number of amides is 2. The second kappa shape index (κ2) is 10.8. The van der Waals surface area contributed by atoms with Crippen LogP contribution in [0.3, 0.4) is 0 Å². The third-order valence-corrected chi connectivity index (χ3v) is 5.76. The lowest BCUT2D eigenvalue weighted by Crippen LogP contribution is -2.48. The van der Waals surface area contributed by atoms with Gasteiger partial charge >= 0.3 is 0 Å². The van der Waals surface area contributed by atoms with Gasteiger partial charge < -0.3 is 20.9 Å². The minimum absolute atomic E-state index is 0.0617. The van der Waals surface area contributed by atoms with E-state index in [1.807, 2.05) is 23.1 Å². The van der Waals surface area contributed by atoms with Gasteiger partial charge in [0, 0.05) is 38.6 Å². The van der Waals surface area contributed by atoms with Crippen LogP contribution in [0.25, 0.3) is 0 Å². The van der Waals surface area contributed by atoms with Gasteiger partial charge in [0.1, 0.15) is 0 Å². The minimum Gasteiger partial charge on any atom is -0.354 e. The molecule has 0 radical (unpaired) electrons. The molecule has 1 atom stereocenters. The first-order valence-electron chi connectivity index (χ1n) is 10.7. The highest BCUT2D eigenvalue weighted by molar-refractivity contribution is 5.86. The van der Waals surface area contributed by atoms with Crippen molar-refractivity contribution in [1.29, 1.82) is 0 Å². The number of carbonyl (C=O) groups excluding carboxylic acids is 2. The molecule has 2 fully saturated rings. The number of carbonyl (C=O) groups is 2. The molecular formula is C22H33N5O2. The molecule has 1 aromatic carbocycles. The molecule has 2 amide bonds. The number of hydrogen-bond donors (Lipinski definition) is 3. The summed E-state index contributed by atoms with van der Waals surface area (Å²) in [5.41, 5.74) is 1.20. The molecule has 7 nitrogen and oxygen atoms in total. The number of aliphatic imine (C=N–C) groups is 1. The van der Waals surface area contributed by atoms with Crippen LogP contribution in [0.1, 0.15) is 37.7 Å². The van der Waals surface area contributed by atoms with Crippen LogP contribution in [0.2, 0.25) is 0 Å². The van der Waals surface area contributed by atoms with Crippen LogP contribution in [0.4, 0.5) is 0 Å². The quantitative estimate of drug-likeness (QED) is 0.477. The van der Waals surface area contributed by atoms with E-state index in [0.717, 1.165) is 32.2 Å². The van der Waals surface area contributed by atoms with E-state index in [9.17, 15) is 9.59 Å². The molecular weight excluding hydrogens is 366 g/mol. The van der Waals surface area contributed by atoms with Crippen LogP contribution in [-0.4, -0.2) is 61.9 Å². The molecule has 1 saturated carbocycles. The first-order valence-corrected chi connectivity index (χ1v) is 10.7. The molecule has 7 heteroatoms. The van der Waals surface area contributed by atoms with Gasteiger partial charge in [0.15, 0.2) is 5.96 Å². The lowest BCUT2D eigenvalue weighted by atomic mass is 10.1. The van der Waals surface area contributed by atoms with Crippen LogP contribution in [0.5, 0.6) is 0 Å². The molecule has 1 heterocycles. The zero-order valence-corrected chi connectivity index (χ0v) is 17.3. The molecule has 0 spiro atoms. The first kappa shape index (κ1) is 21.1. The Hall–Kier alpha value is -2.57. The Kier molecular flexibility index (Phi) is 7.90. The van der Waals surface area contributed by atoms with Crippen LogP contribution in [-0.2, 0) is 16.0 Å². The molecule has 1 aliphatic heterocycles. The molecule has 29 heavy (non-hydrogen) atoms. The number of hydrogen-bond acceptors (Lipinski definition) is 3. The molecule has 158 valence electrons. The van der Waals surface area contributed by atoms with Crippen molar-refractivity contribution >= 4 is 17.8 Å². The third-order valence-electron chi connectivity index (χ3n) is 5.76. The standard InChI is InChI=1S/C22H33N5O2/c1-23-22(25-15-20(28)24-13-11-17-7-3-2-4-8-17)26-19-12-14-27(16-19)21(29)18-9-5-6-10-18/h2-4,7-8,18-19H,5-6,9-16H2,1H3,(H,24,28)(H2,23,25,26). The predicted octanol–water partition coefficient (Wildman–Crippen LogP) is 1.30. The fourth-order valence-corrected chi connectivity index (χ4v) is 4.11. The van der Waals surface area contributed by atoms with Crippen molar-refractivity contribution in [1.82, 2.24) is 20.9 Å². The highest BCUT2D eigenvalue weighted by atomic mass is 16.2. The zero-order chi connectivity index (χ0) is 20.5. The van der Waals surface area contributed by atoms with Crippen molar-refractivity contribution in [3.63, 3.8) is 0 Å². The highest BCUT2D eigenvalue weighted by Gasteiger charge is 2.32. The molecule has 1 aromatic rings. The van der Waals surface area contributed by atoms with E-state index in [-0.39, 0.29) is 24.4 Å². The van der Waals surface area contributed by atoms with Gasteiger partial charge in [-0.25, -0.2) is 0 Å². The van der Waals surface area contributed by atoms with E-state index in [2.05, 4.69) is 33.1 Å². The summed E-state index contributed by atoms with van der Waals surface area (Å²) in [5, 5.41) is 9.33. The number of benzene rings is 1. The molecule has 1 unspecified atom stereocenters. The predicted molar refractivity (Wildman–Crippen MR) is 115 cm³/mol. The summed E-state index contributed by atoms with van der Waals surface area (Å²) in [6.07, 6.45) is 6.15. The van der Waals surface area contributed by atoms with E-state index < -0.39 is 0 Å². The summed E-state index contributed by atoms with van der Waals surface area (Å²) in [7, 11) is 1.69. The van der Waals surface area contributed by atoms with Gasteiger partial charge in [-0.05, 0) is 31.2 Å². The molecule has 1 saturated heterocycles. The van der Waals surface area contributed by atoms with Gasteiger partial charge in [-0.15, -0.1) is 0 Å². The molecule has 3 N–H and O–H groups in total. The maximum Gasteiger partial charge on any atom is 0.239 e. The summed E-state index contributed by atoms with van der Waals surface area (Å²) in [6, 6.07) is 10.3. The van der Waals surface area contributed by atoms with E-state index >= 15 is 0 Å². The topological polar surface area (TPSA) is 85.8 Å². The summed E-state index contributed by atoms with van der Waals surface area (Å²) in [6.45, 7) is 2.28. The Labute approximate surface area is 173 Å². The van der Waals surface area contributed by atoms with Crippen LogP contribution >= 0.6 is 0 Å². The SMILES string of the molecule is CN=C(NCC(=O)NCCc1ccccc1)NC1CCN(C(=O)C2CCCC2)C1. The maximum atomic E-state index is 12.6. The molecule has 0 aromatic heterocycles. The Balaban J connectivity index is 1.34. The van der Waals surface area contributed by atoms with Crippen molar-refractivity contribution < 1.29 is 9.59 Å². The molecule has 2 aliphatic rings. The summed E-state index contributed by atoms with van der Waals surface area (Å²) >= 11 is 0. The number of nitrogens with zero attached hydrogens (tertiary/aromatic N) is 2. The highest BCUT2D eigenvalue weighted by Crippen LogP contribution is 2.27. The van der Waals surface area contributed by atoms with Gasteiger partial charge in [-0.3, -0.25) is 14.6 Å². The van der Waals surface area contributed by atoms with Crippen molar-refractivity contribution in [2.75, 3.05) is 33.2 Å². The average molecular weight is 400 g/mol. The Morgan fingerprint density at radius 1 is 1.10 bits per heavy atom. The Bertz CT molecular complexity index is 700. The second-order valence-electron chi connectivity index (χ2n) is 7.91. The van der Waals surface area contributed by atoms with E-state index in [0.29, 0.717) is 25.0 Å². The summed E-state index contributed by atoms with van der Waals surface area (Å²) < 4.78 is 0. The zero-order valence-electron chi connectivity index (χ0n) is 17.3. The summed E-state index contributed by atoms with van der Waals surface area (Å²) in [4.78, 5) is 30.8. The monoisotopic (exact) mass is 399 g/mol. The van der Waals surface area contributed by atoms with Crippen molar-refractivity contribution in [3.8, 4) is 0 Å². The van der Waals surface area contributed by atoms with E-state index in [1.165, 1.54) is 18.4 Å². The van der Waals surface area contributed by atoms with Gasteiger partial charge in [0.2, 0.25) is 11.8 Å². The largest absolute Gasteiger partial charge is 0.354 e. The molecule has 0 bridgehead atoms.